The first-order valence-corrected chi connectivity index (χ1v) is 8.49. The highest BCUT2D eigenvalue weighted by atomic mass is 31.2. The average Bonchev–Trinajstić information content (AvgIpc) is 2.40. The Morgan fingerprint density at radius 3 is 2.40 bits per heavy atom. The Hall–Kier alpha value is -0.0700. The van der Waals surface area contributed by atoms with Crippen molar-refractivity contribution in [2.75, 3.05) is 26.4 Å². The minimum Gasteiger partial charge on any atom is -0.353 e. The summed E-state index contributed by atoms with van der Waals surface area (Å²) >= 11 is 0. The van der Waals surface area contributed by atoms with Gasteiger partial charge in [-0.05, 0) is 33.1 Å². The maximum absolute atomic E-state index is 14.0. The Kier molecular flexibility index (Phi) is 7.54. The van der Waals surface area contributed by atoms with Gasteiger partial charge in [0.15, 0.2) is 6.29 Å². The molecule has 0 saturated carbocycles. The maximum atomic E-state index is 14.0. The van der Waals surface area contributed by atoms with E-state index in [2.05, 4.69) is 9.05 Å². The smallest absolute Gasteiger partial charge is 0.353 e. The summed E-state index contributed by atoms with van der Waals surface area (Å²) in [5, 5.41) is 0. The Morgan fingerprint density at radius 1 is 1.25 bits per heavy atom. The van der Waals surface area contributed by atoms with Crippen molar-refractivity contribution in [3.05, 3.63) is 0 Å². The first-order valence-electron chi connectivity index (χ1n) is 6.95. The molecule has 0 radical (unpaired) electrons. The predicted octanol–water partition coefficient (Wildman–Crippen LogP) is 3.78. The molecular formula is C12H23F2O5P. The van der Waals surface area contributed by atoms with Crippen LogP contribution in [0, 0.1) is 0 Å². The van der Waals surface area contributed by atoms with Gasteiger partial charge in [0, 0.05) is 13.0 Å². The number of alkyl halides is 2. The van der Waals surface area contributed by atoms with Gasteiger partial charge in [-0.15, -0.1) is 0 Å². The molecule has 0 spiro atoms. The number of rotatable bonds is 9. The van der Waals surface area contributed by atoms with E-state index < -0.39 is 26.0 Å². The summed E-state index contributed by atoms with van der Waals surface area (Å²) in [5.74, 6) is 0. The van der Waals surface area contributed by atoms with E-state index in [1.807, 2.05) is 0 Å². The lowest BCUT2D eigenvalue weighted by Crippen LogP contribution is -2.27. The van der Waals surface area contributed by atoms with Gasteiger partial charge in [-0.3, -0.25) is 4.57 Å². The van der Waals surface area contributed by atoms with E-state index in [4.69, 9.17) is 9.47 Å². The summed E-state index contributed by atoms with van der Waals surface area (Å²) in [6.07, 6.45) is 1.44. The molecule has 0 aromatic carbocycles. The lowest BCUT2D eigenvalue weighted by molar-refractivity contribution is -0.168. The van der Waals surface area contributed by atoms with Crippen LogP contribution in [0.15, 0.2) is 0 Å². The summed E-state index contributed by atoms with van der Waals surface area (Å²) < 4.78 is 59.8. The van der Waals surface area contributed by atoms with Crippen LogP contribution >= 0.6 is 7.60 Å². The number of hydrogen-bond donors (Lipinski definition) is 0. The van der Waals surface area contributed by atoms with E-state index in [1.54, 1.807) is 0 Å². The fraction of sp³-hybridized carbons (Fsp3) is 1.00. The first kappa shape index (κ1) is 18.0. The van der Waals surface area contributed by atoms with Crippen LogP contribution in [-0.2, 0) is 23.1 Å². The monoisotopic (exact) mass is 316 g/mol. The van der Waals surface area contributed by atoms with Crippen LogP contribution in [-0.4, -0.2) is 38.4 Å². The minimum atomic E-state index is -4.45. The van der Waals surface area contributed by atoms with Crippen molar-refractivity contribution in [3.8, 4) is 0 Å². The molecule has 0 aromatic rings. The van der Waals surface area contributed by atoms with Crippen LogP contribution in [0.4, 0.5) is 8.78 Å². The molecular weight excluding hydrogens is 293 g/mol. The van der Waals surface area contributed by atoms with Crippen molar-refractivity contribution in [2.24, 2.45) is 0 Å². The van der Waals surface area contributed by atoms with Crippen molar-refractivity contribution in [1.82, 2.24) is 0 Å². The van der Waals surface area contributed by atoms with Gasteiger partial charge in [0.25, 0.3) is 0 Å². The van der Waals surface area contributed by atoms with Crippen LogP contribution in [0.5, 0.6) is 0 Å². The van der Waals surface area contributed by atoms with Crippen molar-refractivity contribution < 1.29 is 31.9 Å². The molecule has 0 amide bonds. The Balaban J connectivity index is 2.46. The predicted molar refractivity (Wildman–Crippen MR) is 70.0 cm³/mol. The van der Waals surface area contributed by atoms with Crippen molar-refractivity contribution >= 4 is 7.60 Å². The van der Waals surface area contributed by atoms with Gasteiger partial charge in [0.05, 0.1) is 19.8 Å². The molecule has 1 fully saturated rings. The maximum Gasteiger partial charge on any atom is 0.399 e. The molecule has 5 nitrogen and oxygen atoms in total. The van der Waals surface area contributed by atoms with Gasteiger partial charge in [-0.25, -0.2) is 0 Å². The zero-order valence-corrected chi connectivity index (χ0v) is 12.9. The average molecular weight is 316 g/mol. The van der Waals surface area contributed by atoms with Crippen LogP contribution < -0.4 is 0 Å². The second-order valence-electron chi connectivity index (χ2n) is 4.42. The molecule has 0 aliphatic carbocycles. The van der Waals surface area contributed by atoms with Gasteiger partial charge in [-0.1, -0.05) is 0 Å². The second kappa shape index (κ2) is 8.39. The molecule has 1 heterocycles. The normalized spacial score (nSPS) is 21.1. The Morgan fingerprint density at radius 2 is 1.90 bits per heavy atom. The van der Waals surface area contributed by atoms with Gasteiger partial charge >= 0.3 is 13.3 Å². The standard InChI is InChI=1S/C12H23F2O5P/c1-3-18-20(15,19-4-2)12(13,14)8-10-17-11-7-5-6-9-16-11/h11H,3-10H2,1-2H3. The van der Waals surface area contributed by atoms with Gasteiger partial charge in [-0.2, -0.15) is 8.78 Å². The van der Waals surface area contributed by atoms with Gasteiger partial charge in [0.2, 0.25) is 0 Å². The van der Waals surface area contributed by atoms with Crippen molar-refractivity contribution in [2.45, 2.75) is 51.5 Å². The fourth-order valence-corrected chi connectivity index (χ4v) is 3.36. The van der Waals surface area contributed by atoms with Crippen LogP contribution in [0.25, 0.3) is 0 Å². The molecule has 0 N–H and O–H groups in total. The van der Waals surface area contributed by atoms with E-state index in [-0.39, 0.29) is 19.8 Å². The summed E-state index contributed by atoms with van der Waals surface area (Å²) in [6.45, 7) is 3.13. The van der Waals surface area contributed by atoms with Crippen molar-refractivity contribution in [1.29, 1.82) is 0 Å². The summed E-state index contributed by atoms with van der Waals surface area (Å²) in [6, 6.07) is 0. The number of halogens is 2. The molecule has 1 aliphatic heterocycles. The number of ether oxygens (including phenoxy) is 2. The first-order chi connectivity index (χ1) is 9.45. The third kappa shape index (κ3) is 5.04. The largest absolute Gasteiger partial charge is 0.399 e. The quantitative estimate of drug-likeness (QED) is 0.606. The van der Waals surface area contributed by atoms with Gasteiger partial charge < -0.3 is 18.5 Å². The topological polar surface area (TPSA) is 54.0 Å². The molecule has 8 heteroatoms. The zero-order chi connectivity index (χ0) is 15.1. The second-order valence-corrected chi connectivity index (χ2v) is 6.58. The molecule has 1 rings (SSSR count). The SMILES string of the molecule is CCOP(=O)(OCC)C(F)(F)CCOC1CCCCO1. The Labute approximate surface area is 118 Å². The summed E-state index contributed by atoms with van der Waals surface area (Å²) in [4.78, 5) is 0. The molecule has 1 aliphatic rings. The van der Waals surface area contributed by atoms with E-state index in [1.165, 1.54) is 13.8 Å². The Bertz CT molecular complexity index is 311. The minimum absolute atomic E-state index is 0.0978. The highest BCUT2D eigenvalue weighted by Crippen LogP contribution is 2.63. The highest BCUT2D eigenvalue weighted by Gasteiger charge is 2.52. The molecule has 20 heavy (non-hydrogen) atoms. The highest BCUT2D eigenvalue weighted by molar-refractivity contribution is 7.55. The molecule has 0 bridgehead atoms. The van der Waals surface area contributed by atoms with Gasteiger partial charge in [0.1, 0.15) is 0 Å². The zero-order valence-electron chi connectivity index (χ0n) is 12.0. The lowest BCUT2D eigenvalue weighted by atomic mass is 10.2. The third-order valence-corrected chi connectivity index (χ3v) is 5.06. The van der Waals surface area contributed by atoms with E-state index in [0.29, 0.717) is 13.0 Å². The molecule has 1 saturated heterocycles. The molecule has 120 valence electrons. The lowest BCUT2D eigenvalue weighted by Gasteiger charge is -2.27. The molecule has 1 atom stereocenters. The van der Waals surface area contributed by atoms with Crippen LogP contribution in [0.3, 0.4) is 0 Å². The summed E-state index contributed by atoms with van der Waals surface area (Å²) in [7, 11) is -4.45. The van der Waals surface area contributed by atoms with E-state index in [9.17, 15) is 13.3 Å². The fourth-order valence-electron chi connectivity index (χ4n) is 1.86. The third-order valence-electron chi connectivity index (χ3n) is 2.84. The van der Waals surface area contributed by atoms with E-state index in [0.717, 1.165) is 12.8 Å². The van der Waals surface area contributed by atoms with Crippen molar-refractivity contribution in [3.63, 3.8) is 0 Å². The van der Waals surface area contributed by atoms with Crippen LogP contribution in [0.2, 0.25) is 0 Å². The summed E-state index contributed by atoms with van der Waals surface area (Å²) in [5.41, 5.74) is -3.56. The van der Waals surface area contributed by atoms with E-state index >= 15 is 0 Å². The van der Waals surface area contributed by atoms with Crippen LogP contribution in [0.1, 0.15) is 39.5 Å². The molecule has 1 unspecified atom stereocenters. The number of hydrogen-bond acceptors (Lipinski definition) is 5. The molecule has 0 aromatic heterocycles.